The van der Waals surface area contributed by atoms with Crippen LogP contribution in [0.5, 0.6) is 5.75 Å². The first-order chi connectivity index (χ1) is 12.2. The Morgan fingerprint density at radius 1 is 0.926 bits per heavy atom. The van der Waals surface area contributed by atoms with Gasteiger partial charge in [-0.3, -0.25) is 0 Å². The van der Waals surface area contributed by atoms with Crippen molar-refractivity contribution in [1.29, 1.82) is 0 Å². The largest absolute Gasteiger partial charge is 0.424 e. The first-order valence-electron chi connectivity index (χ1n) is 6.86. The normalized spacial score (nSPS) is 17.0. The molecule has 0 saturated heterocycles. The van der Waals surface area contributed by atoms with Crippen LogP contribution in [0.15, 0.2) is 30.9 Å². The van der Waals surface area contributed by atoms with Crippen LogP contribution in [0.25, 0.3) is 0 Å². The summed E-state index contributed by atoms with van der Waals surface area (Å²) in [5.41, 5.74) is -11.7. The maximum absolute atomic E-state index is 13.0. The van der Waals surface area contributed by atoms with E-state index in [9.17, 15) is 50.1 Å². The lowest BCUT2D eigenvalue weighted by molar-refractivity contribution is -0.273. The van der Waals surface area contributed by atoms with E-state index >= 15 is 0 Å². The van der Waals surface area contributed by atoms with Crippen molar-refractivity contribution < 1.29 is 54.9 Å². The fraction of sp³-hybridized carbons (Fsp3) is 0.400. The van der Waals surface area contributed by atoms with Gasteiger partial charge in [0.05, 0.1) is 0 Å². The zero-order valence-corrected chi connectivity index (χ0v) is 13.2. The lowest BCUT2D eigenvalue weighted by Gasteiger charge is -2.32. The summed E-state index contributed by atoms with van der Waals surface area (Å²) >= 11 is 0. The Bertz CT molecular complexity index is 668. The molecule has 0 aromatic heterocycles. The average molecular weight is 408 g/mol. The van der Waals surface area contributed by atoms with Gasteiger partial charge in [0.1, 0.15) is 19.1 Å². The molecule has 2 atom stereocenters. The Balaban J connectivity index is 3.79. The molecule has 4 nitrogen and oxygen atoms in total. The highest BCUT2D eigenvalue weighted by Gasteiger charge is 2.58. The highest BCUT2D eigenvalue weighted by molar-refractivity contribution is 5.83. The maximum Gasteiger partial charge on any atom is 0.424 e. The summed E-state index contributed by atoms with van der Waals surface area (Å²) in [6.45, 7) is -2.08. The summed E-state index contributed by atoms with van der Waals surface area (Å²) in [4.78, 5) is 11.2. The predicted molar refractivity (Wildman–Crippen MR) is 74.1 cm³/mol. The SMILES string of the molecule is C=CC(=O)Oc1cc(C(O)(CF)C(F)(F)F)cc(C(O)(CF)C(F)(F)F)c1. The summed E-state index contributed by atoms with van der Waals surface area (Å²) < 4.78 is 108. The van der Waals surface area contributed by atoms with Crippen molar-refractivity contribution in [3.8, 4) is 5.75 Å². The topological polar surface area (TPSA) is 66.8 Å². The predicted octanol–water partition coefficient (Wildman–Crippen LogP) is 3.22. The van der Waals surface area contributed by atoms with E-state index in [2.05, 4.69) is 11.3 Å². The third-order valence-corrected chi connectivity index (χ3v) is 3.57. The number of benzene rings is 1. The number of ether oxygens (including phenoxy) is 1. The number of carbonyl (C=O) groups is 1. The molecule has 0 aliphatic carbocycles. The Labute approximate surface area is 146 Å². The minimum atomic E-state index is -5.70. The van der Waals surface area contributed by atoms with Crippen LogP contribution < -0.4 is 4.74 Å². The number of esters is 1. The molecular weight excluding hydrogens is 396 g/mol. The first kappa shape index (κ1) is 22.8. The van der Waals surface area contributed by atoms with Gasteiger partial charge in [-0.1, -0.05) is 6.58 Å². The molecule has 0 amide bonds. The Hall–Kier alpha value is -2.21. The lowest BCUT2D eigenvalue weighted by Crippen LogP contribution is -2.46. The van der Waals surface area contributed by atoms with Gasteiger partial charge >= 0.3 is 18.3 Å². The highest BCUT2D eigenvalue weighted by atomic mass is 19.4. The number of carbonyl (C=O) groups excluding carboxylic acids is 1. The minimum absolute atomic E-state index is 0.0780. The van der Waals surface area contributed by atoms with Crippen LogP contribution in [-0.2, 0) is 16.0 Å². The van der Waals surface area contributed by atoms with Crippen LogP contribution in [-0.4, -0.2) is 41.9 Å². The monoisotopic (exact) mass is 408 g/mol. The van der Waals surface area contributed by atoms with Gasteiger partial charge in [0.25, 0.3) is 0 Å². The molecule has 0 saturated carbocycles. The molecule has 2 unspecified atom stereocenters. The molecule has 1 aromatic rings. The molecule has 0 radical (unpaired) electrons. The van der Waals surface area contributed by atoms with Crippen LogP contribution in [0.4, 0.5) is 35.1 Å². The van der Waals surface area contributed by atoms with Gasteiger partial charge < -0.3 is 14.9 Å². The van der Waals surface area contributed by atoms with Gasteiger partial charge in [-0.2, -0.15) is 26.3 Å². The molecule has 152 valence electrons. The molecule has 0 fully saturated rings. The number of hydrogen-bond donors (Lipinski definition) is 2. The minimum Gasteiger partial charge on any atom is -0.423 e. The number of alkyl halides is 8. The Morgan fingerprint density at radius 3 is 1.56 bits per heavy atom. The summed E-state index contributed by atoms with van der Waals surface area (Å²) in [7, 11) is 0. The fourth-order valence-corrected chi connectivity index (χ4v) is 1.93. The van der Waals surface area contributed by atoms with E-state index in [1.54, 1.807) is 0 Å². The van der Waals surface area contributed by atoms with Crippen molar-refractivity contribution >= 4 is 5.97 Å². The lowest BCUT2D eigenvalue weighted by atomic mass is 9.87. The van der Waals surface area contributed by atoms with Crippen molar-refractivity contribution in [1.82, 2.24) is 0 Å². The van der Waals surface area contributed by atoms with Crippen LogP contribution in [0.1, 0.15) is 11.1 Å². The third-order valence-electron chi connectivity index (χ3n) is 3.57. The third kappa shape index (κ3) is 4.21. The molecule has 0 aliphatic rings. The van der Waals surface area contributed by atoms with Crippen LogP contribution in [0, 0.1) is 0 Å². The van der Waals surface area contributed by atoms with E-state index < -0.39 is 59.7 Å². The van der Waals surface area contributed by atoms with Gasteiger partial charge in [0.2, 0.25) is 11.2 Å². The maximum atomic E-state index is 13.0. The number of aliphatic hydroxyl groups is 2. The molecular formula is C15H12F8O4. The number of rotatable bonds is 6. The van der Waals surface area contributed by atoms with Crippen molar-refractivity contribution in [2.75, 3.05) is 13.3 Å². The molecule has 0 spiro atoms. The van der Waals surface area contributed by atoms with Gasteiger partial charge in [-0.05, 0) is 29.3 Å². The average Bonchev–Trinajstić information content (AvgIpc) is 2.57. The molecule has 0 aliphatic heterocycles. The summed E-state index contributed by atoms with van der Waals surface area (Å²) in [6, 6.07) is 0.380. The second kappa shape index (κ2) is 7.43. The zero-order chi connectivity index (χ0) is 21.3. The summed E-state index contributed by atoms with van der Waals surface area (Å²) in [5.74, 6) is -2.37. The molecule has 0 bridgehead atoms. The first-order valence-corrected chi connectivity index (χ1v) is 6.86. The second-order valence-corrected chi connectivity index (χ2v) is 5.35. The number of hydrogen-bond acceptors (Lipinski definition) is 4. The Kier molecular flexibility index (Phi) is 6.28. The molecule has 12 heteroatoms. The highest BCUT2D eigenvalue weighted by Crippen LogP contribution is 2.45. The van der Waals surface area contributed by atoms with Crippen LogP contribution >= 0.6 is 0 Å². The van der Waals surface area contributed by atoms with Crippen LogP contribution in [0.2, 0.25) is 0 Å². The van der Waals surface area contributed by atoms with Crippen molar-refractivity contribution in [2.45, 2.75) is 23.6 Å². The van der Waals surface area contributed by atoms with E-state index in [1.807, 2.05) is 0 Å². The molecule has 1 aromatic carbocycles. The summed E-state index contributed by atoms with van der Waals surface area (Å²) in [5, 5.41) is 19.2. The second-order valence-electron chi connectivity index (χ2n) is 5.35. The van der Waals surface area contributed by atoms with E-state index in [0.717, 1.165) is 0 Å². The number of halogens is 8. The van der Waals surface area contributed by atoms with Gasteiger partial charge in [-0.25, -0.2) is 13.6 Å². The van der Waals surface area contributed by atoms with Crippen LogP contribution in [0.3, 0.4) is 0 Å². The van der Waals surface area contributed by atoms with Gasteiger partial charge in [-0.15, -0.1) is 0 Å². The van der Waals surface area contributed by atoms with Crippen molar-refractivity contribution in [3.63, 3.8) is 0 Å². The quantitative estimate of drug-likeness (QED) is 0.328. The smallest absolute Gasteiger partial charge is 0.423 e. The van der Waals surface area contributed by atoms with Crippen molar-refractivity contribution in [3.05, 3.63) is 42.0 Å². The van der Waals surface area contributed by atoms with Gasteiger partial charge in [0.15, 0.2) is 0 Å². The Morgan fingerprint density at radius 2 is 1.30 bits per heavy atom. The van der Waals surface area contributed by atoms with E-state index in [4.69, 9.17) is 0 Å². The fourth-order valence-electron chi connectivity index (χ4n) is 1.93. The molecule has 2 N–H and O–H groups in total. The van der Waals surface area contributed by atoms with E-state index in [-0.39, 0.29) is 18.2 Å². The van der Waals surface area contributed by atoms with E-state index in [1.165, 1.54) is 0 Å². The van der Waals surface area contributed by atoms with Crippen molar-refractivity contribution in [2.24, 2.45) is 0 Å². The zero-order valence-electron chi connectivity index (χ0n) is 13.2. The summed E-state index contributed by atoms with van der Waals surface area (Å²) in [6.07, 6.45) is -10.9. The van der Waals surface area contributed by atoms with E-state index in [0.29, 0.717) is 6.08 Å². The standard InChI is InChI=1S/C15H12F8O4/c1-2-11(24)27-10-4-8(12(25,6-16)14(18,19)20)3-9(5-10)13(26,7-17)15(21,22)23/h2-5,25-26H,1,6-7H2. The molecule has 1 rings (SSSR count). The van der Waals surface area contributed by atoms with Gasteiger partial charge in [0, 0.05) is 6.08 Å². The molecule has 0 heterocycles. The molecule has 27 heavy (non-hydrogen) atoms.